The number of benzene rings is 1. The van der Waals surface area contributed by atoms with Crippen molar-refractivity contribution in [2.45, 2.75) is 34.1 Å². The van der Waals surface area contributed by atoms with Crippen molar-refractivity contribution in [3.63, 3.8) is 0 Å². The Morgan fingerprint density at radius 1 is 1.18 bits per heavy atom. The molecule has 1 aromatic carbocycles. The van der Waals surface area contributed by atoms with Gasteiger partial charge in [0, 0.05) is 18.8 Å². The standard InChI is InChI=1S/C15H25NO/c1-12(2)7-9-17-10-8-16-15-6-5-13(3)11-14(15)4/h5-6,11-12,16H,7-10H2,1-4H3. The summed E-state index contributed by atoms with van der Waals surface area (Å²) in [6.45, 7) is 11.2. The lowest BCUT2D eigenvalue weighted by Crippen LogP contribution is -2.11. The van der Waals surface area contributed by atoms with Crippen LogP contribution >= 0.6 is 0 Å². The van der Waals surface area contributed by atoms with Gasteiger partial charge in [0.25, 0.3) is 0 Å². The Balaban J connectivity index is 2.18. The largest absolute Gasteiger partial charge is 0.383 e. The molecule has 0 bridgehead atoms. The van der Waals surface area contributed by atoms with Gasteiger partial charge in [-0.05, 0) is 37.8 Å². The molecule has 0 saturated heterocycles. The number of nitrogens with one attached hydrogen (secondary N) is 1. The summed E-state index contributed by atoms with van der Waals surface area (Å²) in [4.78, 5) is 0. The van der Waals surface area contributed by atoms with Crippen LogP contribution < -0.4 is 5.32 Å². The normalized spacial score (nSPS) is 10.9. The molecule has 2 heteroatoms. The second-order valence-electron chi connectivity index (χ2n) is 5.04. The first-order valence-electron chi connectivity index (χ1n) is 6.48. The quantitative estimate of drug-likeness (QED) is 0.726. The van der Waals surface area contributed by atoms with Crippen molar-refractivity contribution in [2.24, 2.45) is 5.92 Å². The Labute approximate surface area is 105 Å². The first-order chi connectivity index (χ1) is 8.09. The summed E-state index contributed by atoms with van der Waals surface area (Å²) in [5, 5.41) is 3.40. The van der Waals surface area contributed by atoms with Gasteiger partial charge in [0.15, 0.2) is 0 Å². The summed E-state index contributed by atoms with van der Waals surface area (Å²) in [7, 11) is 0. The van der Waals surface area contributed by atoms with Crippen molar-refractivity contribution in [2.75, 3.05) is 25.1 Å². The predicted molar refractivity (Wildman–Crippen MR) is 74.7 cm³/mol. The molecular weight excluding hydrogens is 210 g/mol. The van der Waals surface area contributed by atoms with Crippen molar-refractivity contribution in [1.82, 2.24) is 0 Å². The highest BCUT2D eigenvalue weighted by molar-refractivity contribution is 5.51. The fourth-order valence-electron chi connectivity index (χ4n) is 1.69. The fraction of sp³-hybridized carbons (Fsp3) is 0.600. The number of aryl methyl sites for hydroxylation is 2. The Morgan fingerprint density at radius 3 is 2.59 bits per heavy atom. The molecule has 0 radical (unpaired) electrons. The van der Waals surface area contributed by atoms with Crippen molar-refractivity contribution in [3.8, 4) is 0 Å². The third-order valence-electron chi connectivity index (χ3n) is 2.78. The number of hydrogen-bond donors (Lipinski definition) is 1. The Morgan fingerprint density at radius 2 is 1.94 bits per heavy atom. The summed E-state index contributed by atoms with van der Waals surface area (Å²) in [5.41, 5.74) is 3.82. The molecule has 0 heterocycles. The van der Waals surface area contributed by atoms with E-state index in [9.17, 15) is 0 Å². The van der Waals surface area contributed by atoms with E-state index in [1.54, 1.807) is 0 Å². The van der Waals surface area contributed by atoms with Gasteiger partial charge in [-0.15, -0.1) is 0 Å². The zero-order valence-electron chi connectivity index (χ0n) is 11.5. The van der Waals surface area contributed by atoms with Gasteiger partial charge in [-0.3, -0.25) is 0 Å². The van der Waals surface area contributed by atoms with Crippen LogP contribution in [0.3, 0.4) is 0 Å². The average molecular weight is 235 g/mol. The van der Waals surface area contributed by atoms with Crippen LogP contribution in [0.1, 0.15) is 31.4 Å². The van der Waals surface area contributed by atoms with Gasteiger partial charge in [-0.25, -0.2) is 0 Å². The van der Waals surface area contributed by atoms with E-state index in [-0.39, 0.29) is 0 Å². The molecule has 0 aliphatic rings. The van der Waals surface area contributed by atoms with Crippen LogP contribution in [0.5, 0.6) is 0 Å². The minimum atomic E-state index is 0.724. The maximum atomic E-state index is 5.57. The molecule has 0 amide bonds. The van der Waals surface area contributed by atoms with E-state index in [2.05, 4.69) is 51.2 Å². The molecule has 0 atom stereocenters. The Hall–Kier alpha value is -1.02. The molecular formula is C15H25NO. The van der Waals surface area contributed by atoms with Crippen LogP contribution in [0.15, 0.2) is 18.2 Å². The van der Waals surface area contributed by atoms with Gasteiger partial charge in [-0.1, -0.05) is 31.5 Å². The van der Waals surface area contributed by atoms with Crippen LogP contribution in [-0.4, -0.2) is 19.8 Å². The van der Waals surface area contributed by atoms with E-state index in [0.717, 1.165) is 32.1 Å². The van der Waals surface area contributed by atoms with E-state index >= 15 is 0 Å². The maximum Gasteiger partial charge on any atom is 0.0639 e. The number of anilines is 1. The molecule has 0 aromatic heterocycles. The molecule has 1 N–H and O–H groups in total. The van der Waals surface area contributed by atoms with Gasteiger partial charge in [0.05, 0.1) is 6.61 Å². The van der Waals surface area contributed by atoms with Crippen LogP contribution in [-0.2, 0) is 4.74 Å². The molecule has 0 saturated carbocycles. The monoisotopic (exact) mass is 235 g/mol. The number of rotatable bonds is 7. The van der Waals surface area contributed by atoms with Crippen molar-refractivity contribution >= 4 is 5.69 Å². The van der Waals surface area contributed by atoms with E-state index in [1.807, 2.05) is 0 Å². The minimum absolute atomic E-state index is 0.724. The Kier molecular flexibility index (Phi) is 6.06. The molecule has 0 aliphatic carbocycles. The van der Waals surface area contributed by atoms with Gasteiger partial charge < -0.3 is 10.1 Å². The molecule has 17 heavy (non-hydrogen) atoms. The zero-order valence-corrected chi connectivity index (χ0v) is 11.5. The van der Waals surface area contributed by atoms with Crippen LogP contribution in [0, 0.1) is 19.8 Å². The van der Waals surface area contributed by atoms with Crippen molar-refractivity contribution in [3.05, 3.63) is 29.3 Å². The molecule has 0 unspecified atom stereocenters. The van der Waals surface area contributed by atoms with E-state index in [1.165, 1.54) is 16.8 Å². The summed E-state index contributed by atoms with van der Waals surface area (Å²) in [6.07, 6.45) is 1.14. The zero-order chi connectivity index (χ0) is 12.7. The lowest BCUT2D eigenvalue weighted by atomic mass is 10.1. The second kappa shape index (κ2) is 7.33. The molecule has 1 aromatic rings. The minimum Gasteiger partial charge on any atom is -0.383 e. The number of hydrogen-bond acceptors (Lipinski definition) is 2. The lowest BCUT2D eigenvalue weighted by molar-refractivity contribution is 0.132. The molecule has 2 nitrogen and oxygen atoms in total. The first-order valence-corrected chi connectivity index (χ1v) is 6.48. The lowest BCUT2D eigenvalue weighted by Gasteiger charge is -2.11. The highest BCUT2D eigenvalue weighted by Crippen LogP contribution is 2.15. The molecule has 0 aliphatic heterocycles. The van der Waals surface area contributed by atoms with Crippen LogP contribution in [0.4, 0.5) is 5.69 Å². The predicted octanol–water partition coefficient (Wildman–Crippen LogP) is 3.78. The maximum absolute atomic E-state index is 5.57. The Bertz CT molecular complexity index is 334. The van der Waals surface area contributed by atoms with Gasteiger partial charge in [-0.2, -0.15) is 0 Å². The first kappa shape index (κ1) is 14.0. The van der Waals surface area contributed by atoms with Crippen LogP contribution in [0.25, 0.3) is 0 Å². The van der Waals surface area contributed by atoms with Crippen molar-refractivity contribution in [1.29, 1.82) is 0 Å². The summed E-state index contributed by atoms with van der Waals surface area (Å²) >= 11 is 0. The third-order valence-corrected chi connectivity index (χ3v) is 2.78. The van der Waals surface area contributed by atoms with E-state index < -0.39 is 0 Å². The highest BCUT2D eigenvalue weighted by atomic mass is 16.5. The fourth-order valence-corrected chi connectivity index (χ4v) is 1.69. The number of ether oxygens (including phenoxy) is 1. The molecule has 0 spiro atoms. The highest BCUT2D eigenvalue weighted by Gasteiger charge is 1.98. The summed E-state index contributed by atoms with van der Waals surface area (Å²) in [6, 6.07) is 6.47. The summed E-state index contributed by atoms with van der Waals surface area (Å²) < 4.78 is 5.57. The molecule has 0 fully saturated rings. The second-order valence-corrected chi connectivity index (χ2v) is 5.04. The SMILES string of the molecule is Cc1ccc(NCCOCCC(C)C)c(C)c1. The van der Waals surface area contributed by atoms with Gasteiger partial charge in [0.1, 0.15) is 0 Å². The van der Waals surface area contributed by atoms with E-state index in [0.29, 0.717) is 0 Å². The average Bonchev–Trinajstić information content (AvgIpc) is 2.25. The smallest absolute Gasteiger partial charge is 0.0639 e. The summed E-state index contributed by atoms with van der Waals surface area (Å²) in [5.74, 6) is 0.724. The van der Waals surface area contributed by atoms with Gasteiger partial charge in [0.2, 0.25) is 0 Å². The molecule has 1 rings (SSSR count). The van der Waals surface area contributed by atoms with Crippen LogP contribution in [0.2, 0.25) is 0 Å². The molecule has 96 valence electrons. The third kappa shape index (κ3) is 5.73. The van der Waals surface area contributed by atoms with E-state index in [4.69, 9.17) is 4.74 Å². The van der Waals surface area contributed by atoms with Crippen molar-refractivity contribution < 1.29 is 4.74 Å². The van der Waals surface area contributed by atoms with Gasteiger partial charge >= 0.3 is 0 Å². The topological polar surface area (TPSA) is 21.3 Å².